The maximum absolute atomic E-state index is 13.2. The van der Waals surface area contributed by atoms with Crippen molar-refractivity contribution in [1.29, 1.82) is 0 Å². The molecule has 0 aliphatic heterocycles. The molecular weight excluding hydrogens is 329 g/mol. The lowest BCUT2D eigenvalue weighted by Crippen LogP contribution is -2.23. The second-order valence-corrected chi connectivity index (χ2v) is 7.25. The van der Waals surface area contributed by atoms with Gasteiger partial charge in [-0.2, -0.15) is 0 Å². The number of fused-ring (bicyclic) bond motifs is 1. The molecule has 0 unspecified atom stereocenters. The first kappa shape index (κ1) is 16.6. The van der Waals surface area contributed by atoms with Gasteiger partial charge in [0.1, 0.15) is 16.4 Å². The second kappa shape index (κ2) is 6.70. The summed E-state index contributed by atoms with van der Waals surface area (Å²) in [5.74, 6) is -0.393. The zero-order valence-electron chi connectivity index (χ0n) is 13.2. The van der Waals surface area contributed by atoms with Crippen LogP contribution in [0.5, 0.6) is 0 Å². The first-order valence-corrected chi connectivity index (χ1v) is 9.17. The van der Waals surface area contributed by atoms with Crippen molar-refractivity contribution in [2.45, 2.75) is 31.3 Å². The molecule has 1 N–H and O–H groups in total. The maximum Gasteiger partial charge on any atom is 0.243 e. The molecule has 126 valence electrons. The van der Waals surface area contributed by atoms with Crippen molar-refractivity contribution in [3.8, 4) is 0 Å². The summed E-state index contributed by atoms with van der Waals surface area (Å²) in [5.41, 5.74) is 1.21. The number of nitrogens with one attached hydrogen (secondary N) is 1. The highest BCUT2D eigenvalue weighted by Crippen LogP contribution is 2.24. The molecule has 0 spiro atoms. The van der Waals surface area contributed by atoms with Crippen LogP contribution in [0.25, 0.3) is 11.0 Å². The fourth-order valence-corrected chi connectivity index (χ4v) is 3.85. The Labute approximate surface area is 140 Å². The first-order chi connectivity index (χ1) is 11.5. The Morgan fingerprint density at radius 1 is 1.25 bits per heavy atom. The van der Waals surface area contributed by atoms with E-state index in [9.17, 15) is 12.8 Å². The van der Waals surface area contributed by atoms with Crippen LogP contribution in [0.15, 0.2) is 53.7 Å². The lowest BCUT2D eigenvalue weighted by atomic mass is 10.2. The number of hydrogen-bond donors (Lipinski definition) is 1. The van der Waals surface area contributed by atoms with Crippen LogP contribution in [-0.4, -0.2) is 18.0 Å². The third-order valence-electron chi connectivity index (χ3n) is 3.71. The van der Waals surface area contributed by atoms with Gasteiger partial charge in [-0.15, -0.1) is 0 Å². The van der Waals surface area contributed by atoms with Crippen LogP contribution in [0.4, 0.5) is 4.39 Å². The van der Waals surface area contributed by atoms with Crippen molar-refractivity contribution in [1.82, 2.24) is 14.3 Å². The predicted octanol–water partition coefficient (Wildman–Crippen LogP) is 3.06. The van der Waals surface area contributed by atoms with Crippen molar-refractivity contribution in [2.75, 3.05) is 0 Å². The van der Waals surface area contributed by atoms with Crippen LogP contribution in [0.3, 0.4) is 0 Å². The van der Waals surface area contributed by atoms with Crippen LogP contribution < -0.4 is 4.72 Å². The van der Waals surface area contributed by atoms with Crippen LogP contribution >= 0.6 is 0 Å². The highest BCUT2D eigenvalue weighted by Gasteiger charge is 2.21. The quantitative estimate of drug-likeness (QED) is 0.745. The van der Waals surface area contributed by atoms with Crippen LogP contribution in [0.2, 0.25) is 0 Å². The highest BCUT2D eigenvalue weighted by molar-refractivity contribution is 7.89. The van der Waals surface area contributed by atoms with Crippen molar-refractivity contribution in [2.24, 2.45) is 0 Å². The lowest BCUT2D eigenvalue weighted by molar-refractivity contribution is 0.580. The lowest BCUT2D eigenvalue weighted by Gasteiger charge is -2.06. The van der Waals surface area contributed by atoms with Gasteiger partial charge in [-0.3, -0.25) is 0 Å². The molecule has 2 aromatic heterocycles. The molecule has 0 saturated heterocycles. The molecule has 0 radical (unpaired) electrons. The Balaban J connectivity index is 1.93. The molecule has 3 rings (SSSR count). The molecule has 0 amide bonds. The van der Waals surface area contributed by atoms with Crippen molar-refractivity contribution in [3.63, 3.8) is 0 Å². The molecule has 24 heavy (non-hydrogen) atoms. The first-order valence-electron chi connectivity index (χ1n) is 7.69. The van der Waals surface area contributed by atoms with E-state index in [0.29, 0.717) is 23.1 Å². The van der Waals surface area contributed by atoms with E-state index in [1.54, 1.807) is 36.7 Å². The van der Waals surface area contributed by atoms with E-state index in [-0.39, 0.29) is 11.4 Å². The number of aryl methyl sites for hydroxylation is 1. The average Bonchev–Trinajstić information content (AvgIpc) is 2.94. The van der Waals surface area contributed by atoms with Crippen LogP contribution in [0, 0.1) is 5.82 Å². The Kier molecular flexibility index (Phi) is 4.64. The third-order valence-corrected chi connectivity index (χ3v) is 5.14. The SMILES string of the molecule is CCCn1cc(S(=O)(=O)NCc2cccc(F)c2)c2cccnc21. The summed E-state index contributed by atoms with van der Waals surface area (Å²) >= 11 is 0. The molecule has 7 heteroatoms. The molecule has 3 aromatic rings. The molecule has 0 atom stereocenters. The fourth-order valence-electron chi connectivity index (χ4n) is 2.62. The topological polar surface area (TPSA) is 64.0 Å². The minimum absolute atomic E-state index is 0.0286. The van der Waals surface area contributed by atoms with E-state index in [2.05, 4.69) is 9.71 Å². The Bertz CT molecular complexity index is 967. The zero-order chi connectivity index (χ0) is 17.2. The van der Waals surface area contributed by atoms with Gasteiger partial charge in [0, 0.05) is 30.9 Å². The van der Waals surface area contributed by atoms with E-state index in [0.717, 1.165) is 6.42 Å². The zero-order valence-corrected chi connectivity index (χ0v) is 14.1. The standard InChI is InChI=1S/C17H18FN3O2S/c1-2-9-21-12-16(15-7-4-8-19-17(15)21)24(22,23)20-11-13-5-3-6-14(18)10-13/h3-8,10,12,20H,2,9,11H2,1H3. The number of benzene rings is 1. The molecule has 0 bridgehead atoms. The normalized spacial score (nSPS) is 11.9. The van der Waals surface area contributed by atoms with E-state index in [4.69, 9.17) is 0 Å². The molecule has 5 nitrogen and oxygen atoms in total. The second-order valence-electron chi connectivity index (χ2n) is 5.52. The summed E-state index contributed by atoms with van der Waals surface area (Å²) in [6.07, 6.45) is 4.12. The van der Waals surface area contributed by atoms with Gasteiger partial charge < -0.3 is 4.57 Å². The van der Waals surface area contributed by atoms with Crippen LogP contribution in [-0.2, 0) is 23.1 Å². The summed E-state index contributed by atoms with van der Waals surface area (Å²) in [7, 11) is -3.73. The largest absolute Gasteiger partial charge is 0.331 e. The molecule has 0 aliphatic rings. The Morgan fingerprint density at radius 2 is 2.08 bits per heavy atom. The van der Waals surface area contributed by atoms with E-state index < -0.39 is 15.8 Å². The number of halogens is 1. The fraction of sp³-hybridized carbons (Fsp3) is 0.235. The van der Waals surface area contributed by atoms with Gasteiger partial charge in [0.05, 0.1) is 0 Å². The van der Waals surface area contributed by atoms with E-state index in [1.807, 2.05) is 11.5 Å². The van der Waals surface area contributed by atoms with Gasteiger partial charge in [0.2, 0.25) is 10.0 Å². The minimum Gasteiger partial charge on any atom is -0.331 e. The third kappa shape index (κ3) is 3.32. The number of nitrogens with zero attached hydrogens (tertiary/aromatic N) is 2. The number of hydrogen-bond acceptors (Lipinski definition) is 3. The summed E-state index contributed by atoms with van der Waals surface area (Å²) in [6, 6.07) is 9.31. The Hall–Kier alpha value is -2.25. The monoisotopic (exact) mass is 347 g/mol. The van der Waals surface area contributed by atoms with Gasteiger partial charge in [-0.25, -0.2) is 22.5 Å². The van der Waals surface area contributed by atoms with E-state index >= 15 is 0 Å². The van der Waals surface area contributed by atoms with Crippen molar-refractivity contribution >= 4 is 21.1 Å². The molecular formula is C17H18FN3O2S. The van der Waals surface area contributed by atoms with Gasteiger partial charge in [0.15, 0.2) is 0 Å². The van der Waals surface area contributed by atoms with Crippen LogP contribution in [0.1, 0.15) is 18.9 Å². The Morgan fingerprint density at radius 3 is 2.83 bits per heavy atom. The number of sulfonamides is 1. The molecule has 0 fully saturated rings. The van der Waals surface area contributed by atoms with E-state index in [1.165, 1.54) is 12.1 Å². The molecule has 2 heterocycles. The van der Waals surface area contributed by atoms with Gasteiger partial charge in [-0.1, -0.05) is 19.1 Å². The molecule has 1 aromatic carbocycles. The predicted molar refractivity (Wildman–Crippen MR) is 90.4 cm³/mol. The molecule has 0 saturated carbocycles. The summed E-state index contributed by atoms with van der Waals surface area (Å²) in [6.45, 7) is 2.74. The number of rotatable bonds is 6. The summed E-state index contributed by atoms with van der Waals surface area (Å²) < 4.78 is 42.9. The molecule has 0 aliphatic carbocycles. The van der Waals surface area contributed by atoms with Gasteiger partial charge in [0.25, 0.3) is 0 Å². The maximum atomic E-state index is 13.2. The number of aromatic nitrogens is 2. The van der Waals surface area contributed by atoms with Gasteiger partial charge >= 0.3 is 0 Å². The summed E-state index contributed by atoms with van der Waals surface area (Å²) in [4.78, 5) is 4.48. The van der Waals surface area contributed by atoms with Crippen molar-refractivity contribution in [3.05, 3.63) is 60.2 Å². The highest BCUT2D eigenvalue weighted by atomic mass is 32.2. The smallest absolute Gasteiger partial charge is 0.243 e. The minimum atomic E-state index is -3.73. The van der Waals surface area contributed by atoms with Crippen molar-refractivity contribution < 1.29 is 12.8 Å². The van der Waals surface area contributed by atoms with Gasteiger partial charge in [-0.05, 0) is 36.2 Å². The summed E-state index contributed by atoms with van der Waals surface area (Å²) in [5, 5.41) is 0.581. The number of pyridine rings is 1. The average molecular weight is 347 g/mol.